The predicted octanol–water partition coefficient (Wildman–Crippen LogP) is 2.92. The predicted molar refractivity (Wildman–Crippen MR) is 60.6 cm³/mol. The van der Waals surface area contributed by atoms with Crippen molar-refractivity contribution in [2.45, 2.75) is 24.6 Å². The van der Waals surface area contributed by atoms with E-state index < -0.39 is 12.1 Å². The van der Waals surface area contributed by atoms with E-state index in [9.17, 15) is 18.0 Å². The maximum Gasteiger partial charge on any atom is 0.492 e. The second-order valence-corrected chi connectivity index (χ2v) is 4.92. The molecular weight excluding hydrogens is 315 g/mol. The molecule has 1 aromatic rings. The van der Waals surface area contributed by atoms with Gasteiger partial charge >= 0.3 is 12.1 Å². The molecule has 0 spiro atoms. The summed E-state index contributed by atoms with van der Waals surface area (Å²) in [6.07, 6.45) is -4.32. The highest BCUT2D eigenvalue weighted by Crippen LogP contribution is 2.41. The topological polar surface area (TPSA) is 38.3 Å². The summed E-state index contributed by atoms with van der Waals surface area (Å²) in [4.78, 5) is 14.5. The van der Waals surface area contributed by atoms with E-state index in [1.807, 2.05) is 24.3 Å². The fraction of sp³-hybridized carbons (Fsp3) is 0.364. The van der Waals surface area contributed by atoms with Crippen molar-refractivity contribution in [3.63, 3.8) is 0 Å². The number of carbonyl (C=O) groups excluding carboxylic acids is 1. The van der Waals surface area contributed by atoms with E-state index in [2.05, 4.69) is 26.2 Å². The summed E-state index contributed by atoms with van der Waals surface area (Å²) >= 11 is 3.29. The Balaban J connectivity index is 1.82. The van der Waals surface area contributed by atoms with E-state index in [4.69, 9.17) is 0 Å². The summed E-state index contributed by atoms with van der Waals surface area (Å²) in [5.74, 6) is -2.14. The molecule has 0 radical (unpaired) electrons. The van der Waals surface area contributed by atoms with E-state index in [1.54, 1.807) is 0 Å². The van der Waals surface area contributed by atoms with Crippen LogP contribution in [-0.4, -0.2) is 18.2 Å². The second-order valence-electron chi connectivity index (χ2n) is 4.01. The first-order valence-corrected chi connectivity index (χ1v) is 5.96. The minimum absolute atomic E-state index is 0.0825. The summed E-state index contributed by atoms with van der Waals surface area (Å²) in [7, 11) is 0. The number of hydroxylamine groups is 1. The first-order chi connectivity index (χ1) is 8.38. The van der Waals surface area contributed by atoms with Crippen LogP contribution in [0.25, 0.3) is 0 Å². The molecule has 0 aliphatic heterocycles. The molecule has 1 fully saturated rings. The SMILES string of the molecule is O=C(ONC1CC1c1ccc(Br)cc1)C(F)(F)F. The molecular formula is C11H9BrF3NO2. The fourth-order valence-electron chi connectivity index (χ4n) is 1.59. The van der Waals surface area contributed by atoms with E-state index in [0.717, 1.165) is 10.0 Å². The van der Waals surface area contributed by atoms with Gasteiger partial charge in [-0.3, -0.25) is 0 Å². The number of hydrogen-bond acceptors (Lipinski definition) is 3. The van der Waals surface area contributed by atoms with Gasteiger partial charge < -0.3 is 4.84 Å². The van der Waals surface area contributed by atoms with Gasteiger partial charge in [0.2, 0.25) is 0 Å². The molecule has 2 atom stereocenters. The average Bonchev–Trinajstić information content (AvgIpc) is 3.05. The van der Waals surface area contributed by atoms with Crippen LogP contribution in [0, 0.1) is 0 Å². The minimum atomic E-state index is -4.96. The lowest BCUT2D eigenvalue weighted by Gasteiger charge is -2.07. The van der Waals surface area contributed by atoms with Crippen molar-refractivity contribution in [1.82, 2.24) is 5.48 Å². The van der Waals surface area contributed by atoms with Crippen molar-refractivity contribution in [3.05, 3.63) is 34.3 Å². The first kappa shape index (κ1) is 13.4. The molecule has 1 saturated carbocycles. The second kappa shape index (κ2) is 4.89. The maximum atomic E-state index is 11.9. The van der Waals surface area contributed by atoms with Crippen molar-refractivity contribution in [2.24, 2.45) is 0 Å². The maximum absolute atomic E-state index is 11.9. The summed E-state index contributed by atoms with van der Waals surface area (Å²) in [5, 5.41) is 0. The molecule has 0 saturated heterocycles. The Bertz CT molecular complexity index is 447. The third-order valence-electron chi connectivity index (χ3n) is 2.62. The summed E-state index contributed by atoms with van der Waals surface area (Å²) in [6, 6.07) is 7.21. The van der Waals surface area contributed by atoms with Gasteiger partial charge in [0.05, 0.1) is 6.04 Å². The zero-order valence-corrected chi connectivity index (χ0v) is 10.6. The van der Waals surface area contributed by atoms with Crippen molar-refractivity contribution in [1.29, 1.82) is 0 Å². The number of nitrogens with one attached hydrogen (secondary N) is 1. The number of halogens is 4. The summed E-state index contributed by atoms with van der Waals surface area (Å²) in [6.45, 7) is 0. The van der Waals surface area contributed by atoms with Crippen LogP contribution in [0.4, 0.5) is 13.2 Å². The third-order valence-corrected chi connectivity index (χ3v) is 3.15. The Hall–Kier alpha value is -1.08. The van der Waals surface area contributed by atoms with Gasteiger partial charge in [-0.15, -0.1) is 5.48 Å². The number of alkyl halides is 3. The Labute approximate surface area is 109 Å². The van der Waals surface area contributed by atoms with E-state index in [0.29, 0.717) is 6.42 Å². The van der Waals surface area contributed by atoms with E-state index in [-0.39, 0.29) is 12.0 Å². The lowest BCUT2D eigenvalue weighted by Crippen LogP contribution is -2.32. The highest BCUT2D eigenvalue weighted by molar-refractivity contribution is 9.10. The fourth-order valence-corrected chi connectivity index (χ4v) is 1.86. The molecule has 2 rings (SSSR count). The molecule has 18 heavy (non-hydrogen) atoms. The summed E-state index contributed by atoms with van der Waals surface area (Å²) in [5.41, 5.74) is 3.14. The molecule has 0 aromatic heterocycles. The Kier molecular flexibility index (Phi) is 3.63. The van der Waals surface area contributed by atoms with Crippen molar-refractivity contribution in [2.75, 3.05) is 0 Å². The number of carbonyl (C=O) groups is 1. The van der Waals surface area contributed by atoms with Crippen LogP contribution in [0.5, 0.6) is 0 Å². The molecule has 7 heteroatoms. The zero-order valence-electron chi connectivity index (χ0n) is 9.00. The molecule has 1 N–H and O–H groups in total. The third kappa shape index (κ3) is 3.23. The Morgan fingerprint density at radius 2 is 1.94 bits per heavy atom. The lowest BCUT2D eigenvalue weighted by atomic mass is 10.1. The Morgan fingerprint density at radius 3 is 2.50 bits per heavy atom. The van der Waals surface area contributed by atoms with Crippen LogP contribution in [-0.2, 0) is 9.63 Å². The number of hydrogen-bond donors (Lipinski definition) is 1. The molecule has 0 bridgehead atoms. The normalized spacial score (nSPS) is 22.7. The van der Waals surface area contributed by atoms with Gasteiger partial charge in [0.25, 0.3) is 0 Å². The Morgan fingerprint density at radius 1 is 1.33 bits per heavy atom. The highest BCUT2D eigenvalue weighted by Gasteiger charge is 2.44. The van der Waals surface area contributed by atoms with Crippen LogP contribution in [0.3, 0.4) is 0 Å². The van der Waals surface area contributed by atoms with Gasteiger partial charge in [0.1, 0.15) is 0 Å². The quantitative estimate of drug-likeness (QED) is 0.869. The highest BCUT2D eigenvalue weighted by atomic mass is 79.9. The number of rotatable bonds is 3. The zero-order chi connectivity index (χ0) is 13.3. The molecule has 1 aliphatic rings. The molecule has 0 amide bonds. The van der Waals surface area contributed by atoms with E-state index in [1.165, 1.54) is 0 Å². The van der Waals surface area contributed by atoms with Gasteiger partial charge in [-0.25, -0.2) is 4.79 Å². The largest absolute Gasteiger partial charge is 0.492 e. The smallest absolute Gasteiger partial charge is 0.363 e. The van der Waals surface area contributed by atoms with Crippen LogP contribution < -0.4 is 5.48 Å². The summed E-state index contributed by atoms with van der Waals surface area (Å²) < 4.78 is 36.5. The average molecular weight is 324 g/mol. The van der Waals surface area contributed by atoms with Crippen LogP contribution in [0.1, 0.15) is 17.9 Å². The molecule has 1 aromatic carbocycles. The van der Waals surface area contributed by atoms with Gasteiger partial charge in [0, 0.05) is 10.4 Å². The van der Waals surface area contributed by atoms with Crippen LogP contribution >= 0.6 is 15.9 Å². The monoisotopic (exact) mass is 323 g/mol. The minimum Gasteiger partial charge on any atom is -0.363 e. The standard InChI is InChI=1S/C11H9BrF3NO2/c12-7-3-1-6(2-4-7)8-5-9(8)16-18-10(17)11(13,14)15/h1-4,8-9,16H,5H2. The molecule has 0 heterocycles. The number of benzene rings is 1. The van der Waals surface area contributed by atoms with Crippen molar-refractivity contribution < 1.29 is 22.8 Å². The molecule has 1 aliphatic carbocycles. The molecule has 3 nitrogen and oxygen atoms in total. The van der Waals surface area contributed by atoms with Crippen molar-refractivity contribution in [3.8, 4) is 0 Å². The van der Waals surface area contributed by atoms with Gasteiger partial charge in [-0.05, 0) is 24.1 Å². The lowest BCUT2D eigenvalue weighted by molar-refractivity contribution is -0.207. The first-order valence-electron chi connectivity index (χ1n) is 5.17. The van der Waals surface area contributed by atoms with Gasteiger partial charge in [-0.1, -0.05) is 28.1 Å². The van der Waals surface area contributed by atoms with Crippen LogP contribution in [0.2, 0.25) is 0 Å². The van der Waals surface area contributed by atoms with Crippen molar-refractivity contribution >= 4 is 21.9 Å². The van der Waals surface area contributed by atoms with Crippen LogP contribution in [0.15, 0.2) is 28.7 Å². The van der Waals surface area contributed by atoms with Gasteiger partial charge in [-0.2, -0.15) is 13.2 Å². The molecule has 2 unspecified atom stereocenters. The molecule has 98 valence electrons. The van der Waals surface area contributed by atoms with Gasteiger partial charge in [0.15, 0.2) is 0 Å². The van der Waals surface area contributed by atoms with E-state index >= 15 is 0 Å².